The number of thiophene rings is 1. The first-order chi connectivity index (χ1) is 11.1. The summed E-state index contributed by atoms with van der Waals surface area (Å²) < 4.78 is 10.9. The zero-order chi connectivity index (χ0) is 16.2. The molecule has 0 spiro atoms. The first-order valence-electron chi connectivity index (χ1n) is 7.91. The summed E-state index contributed by atoms with van der Waals surface area (Å²) in [7, 11) is 0. The van der Waals surface area contributed by atoms with Gasteiger partial charge in [-0.15, -0.1) is 11.3 Å². The number of hydrogen-bond acceptors (Lipinski definition) is 6. The van der Waals surface area contributed by atoms with Crippen LogP contribution in [0.15, 0.2) is 22.0 Å². The molecule has 0 bridgehead atoms. The zero-order valence-corrected chi connectivity index (χ0v) is 14.2. The number of nitrogens with zero attached hydrogens (tertiary/aromatic N) is 3. The highest BCUT2D eigenvalue weighted by atomic mass is 32.1. The number of morpholine rings is 1. The highest BCUT2D eigenvalue weighted by molar-refractivity contribution is 7.13. The van der Waals surface area contributed by atoms with Crippen molar-refractivity contribution in [3.63, 3.8) is 0 Å². The molecule has 1 aliphatic heterocycles. The van der Waals surface area contributed by atoms with Crippen molar-refractivity contribution < 1.29 is 14.1 Å². The second kappa shape index (κ2) is 7.23. The highest BCUT2D eigenvalue weighted by Crippen LogP contribution is 2.21. The molecule has 1 fully saturated rings. The normalized spacial score (nSPS) is 21.6. The molecule has 0 radical (unpaired) electrons. The van der Waals surface area contributed by atoms with Gasteiger partial charge in [0.25, 0.3) is 0 Å². The van der Waals surface area contributed by atoms with Crippen molar-refractivity contribution in [3.05, 3.63) is 23.4 Å². The molecule has 3 heterocycles. The van der Waals surface area contributed by atoms with E-state index in [1.54, 1.807) is 11.3 Å². The number of ether oxygens (including phenoxy) is 1. The van der Waals surface area contributed by atoms with Gasteiger partial charge >= 0.3 is 0 Å². The Kier molecular flexibility index (Phi) is 5.07. The van der Waals surface area contributed by atoms with E-state index in [0.717, 1.165) is 4.88 Å². The second-order valence-corrected chi connectivity index (χ2v) is 6.85. The molecule has 2 atom stereocenters. The third-order valence-electron chi connectivity index (χ3n) is 3.76. The maximum atomic E-state index is 12.3. The molecule has 3 rings (SSSR count). The van der Waals surface area contributed by atoms with E-state index < -0.39 is 0 Å². The van der Waals surface area contributed by atoms with Crippen LogP contribution in [0.5, 0.6) is 0 Å². The van der Waals surface area contributed by atoms with E-state index in [-0.39, 0.29) is 18.1 Å². The van der Waals surface area contributed by atoms with E-state index in [2.05, 4.69) is 10.1 Å². The summed E-state index contributed by atoms with van der Waals surface area (Å²) in [4.78, 5) is 19.5. The molecule has 2 aromatic rings. The van der Waals surface area contributed by atoms with Crippen LogP contribution in [0.25, 0.3) is 10.7 Å². The van der Waals surface area contributed by atoms with Crippen LogP contribution in [0.2, 0.25) is 0 Å². The lowest BCUT2D eigenvalue weighted by Gasteiger charge is -2.35. The quantitative estimate of drug-likeness (QED) is 0.840. The molecule has 0 aliphatic carbocycles. The van der Waals surface area contributed by atoms with Gasteiger partial charge in [-0.25, -0.2) is 0 Å². The van der Waals surface area contributed by atoms with Gasteiger partial charge in [0.2, 0.25) is 17.6 Å². The van der Waals surface area contributed by atoms with Gasteiger partial charge in [0.1, 0.15) is 0 Å². The van der Waals surface area contributed by atoms with E-state index >= 15 is 0 Å². The van der Waals surface area contributed by atoms with Crippen molar-refractivity contribution in [1.82, 2.24) is 15.0 Å². The lowest BCUT2D eigenvalue weighted by molar-refractivity contribution is -0.143. The third-order valence-corrected chi connectivity index (χ3v) is 4.63. The van der Waals surface area contributed by atoms with E-state index in [4.69, 9.17) is 9.26 Å². The molecule has 1 amide bonds. The Morgan fingerprint density at radius 1 is 1.39 bits per heavy atom. The third kappa shape index (κ3) is 4.17. The number of aromatic nitrogens is 2. The summed E-state index contributed by atoms with van der Waals surface area (Å²) in [6, 6.07) is 3.92. The fraction of sp³-hybridized carbons (Fsp3) is 0.562. The van der Waals surface area contributed by atoms with Crippen LogP contribution in [0.3, 0.4) is 0 Å². The fourth-order valence-corrected chi connectivity index (χ4v) is 3.44. The van der Waals surface area contributed by atoms with Gasteiger partial charge < -0.3 is 14.2 Å². The standard InChI is InChI=1S/C16H21N3O3S/c1-11-9-19(10-12(2)21-11)15(20)7-3-6-14-17-16(18-22-14)13-5-4-8-23-13/h4-5,8,11-12H,3,6-7,9-10H2,1-2H3/t11-,12+. The average Bonchev–Trinajstić information content (AvgIpc) is 3.17. The summed E-state index contributed by atoms with van der Waals surface area (Å²) in [5.41, 5.74) is 0. The van der Waals surface area contributed by atoms with Crippen molar-refractivity contribution in [1.29, 1.82) is 0 Å². The van der Waals surface area contributed by atoms with Gasteiger partial charge in [-0.05, 0) is 31.7 Å². The molecular weight excluding hydrogens is 314 g/mol. The molecule has 23 heavy (non-hydrogen) atoms. The van der Waals surface area contributed by atoms with Crippen LogP contribution in [-0.4, -0.2) is 46.2 Å². The van der Waals surface area contributed by atoms with Crippen LogP contribution in [-0.2, 0) is 16.0 Å². The Morgan fingerprint density at radius 2 is 2.17 bits per heavy atom. The first-order valence-corrected chi connectivity index (χ1v) is 8.79. The fourth-order valence-electron chi connectivity index (χ4n) is 2.79. The number of rotatable bonds is 5. The maximum Gasteiger partial charge on any atom is 0.226 e. The Balaban J connectivity index is 1.47. The first kappa shape index (κ1) is 16.1. The molecule has 0 saturated carbocycles. The van der Waals surface area contributed by atoms with Crippen molar-refractivity contribution in [2.24, 2.45) is 0 Å². The van der Waals surface area contributed by atoms with Crippen molar-refractivity contribution in [2.75, 3.05) is 13.1 Å². The molecular formula is C16H21N3O3S. The number of hydrogen-bond donors (Lipinski definition) is 0. The number of amides is 1. The minimum absolute atomic E-state index is 0.104. The summed E-state index contributed by atoms with van der Waals surface area (Å²) in [6.07, 6.45) is 2.04. The minimum Gasteiger partial charge on any atom is -0.372 e. The molecule has 1 aliphatic rings. The Labute approximate surface area is 139 Å². The van der Waals surface area contributed by atoms with E-state index in [1.165, 1.54) is 0 Å². The summed E-state index contributed by atoms with van der Waals surface area (Å²) in [5, 5.41) is 5.96. The zero-order valence-electron chi connectivity index (χ0n) is 13.4. The summed E-state index contributed by atoms with van der Waals surface area (Å²) >= 11 is 1.58. The van der Waals surface area contributed by atoms with E-state index in [0.29, 0.717) is 44.1 Å². The average molecular weight is 335 g/mol. The van der Waals surface area contributed by atoms with Crippen molar-refractivity contribution in [2.45, 2.75) is 45.3 Å². The van der Waals surface area contributed by atoms with Crippen LogP contribution in [0.4, 0.5) is 0 Å². The van der Waals surface area contributed by atoms with Crippen LogP contribution in [0, 0.1) is 0 Å². The van der Waals surface area contributed by atoms with Crippen LogP contribution < -0.4 is 0 Å². The molecule has 0 N–H and O–H groups in total. The second-order valence-electron chi connectivity index (χ2n) is 5.90. The van der Waals surface area contributed by atoms with Crippen LogP contribution >= 0.6 is 11.3 Å². The monoisotopic (exact) mass is 335 g/mol. The largest absolute Gasteiger partial charge is 0.372 e. The molecule has 2 aromatic heterocycles. The highest BCUT2D eigenvalue weighted by Gasteiger charge is 2.25. The minimum atomic E-state index is 0.104. The molecule has 0 unspecified atom stereocenters. The van der Waals surface area contributed by atoms with Gasteiger partial charge in [-0.1, -0.05) is 11.2 Å². The summed E-state index contributed by atoms with van der Waals surface area (Å²) in [6.45, 7) is 5.35. The Morgan fingerprint density at radius 3 is 2.87 bits per heavy atom. The van der Waals surface area contributed by atoms with Gasteiger partial charge in [0.15, 0.2) is 0 Å². The Bertz CT molecular complexity index is 631. The number of carbonyl (C=O) groups excluding carboxylic acids is 1. The molecule has 7 heteroatoms. The van der Waals surface area contributed by atoms with E-state index in [1.807, 2.05) is 36.3 Å². The molecule has 0 aromatic carbocycles. The SMILES string of the molecule is C[C@@H]1CN(C(=O)CCCc2nc(-c3cccs3)no2)C[C@H](C)O1. The topological polar surface area (TPSA) is 68.5 Å². The molecule has 6 nitrogen and oxygen atoms in total. The predicted molar refractivity (Wildman–Crippen MR) is 87.1 cm³/mol. The van der Waals surface area contributed by atoms with Crippen LogP contribution in [0.1, 0.15) is 32.6 Å². The van der Waals surface area contributed by atoms with Gasteiger partial charge in [-0.2, -0.15) is 4.98 Å². The van der Waals surface area contributed by atoms with E-state index in [9.17, 15) is 4.79 Å². The van der Waals surface area contributed by atoms with Gasteiger partial charge in [0.05, 0.1) is 17.1 Å². The van der Waals surface area contributed by atoms with Crippen molar-refractivity contribution >= 4 is 17.2 Å². The molecule has 124 valence electrons. The van der Waals surface area contributed by atoms with Gasteiger partial charge in [-0.3, -0.25) is 4.79 Å². The lowest BCUT2D eigenvalue weighted by atomic mass is 10.1. The molecule has 1 saturated heterocycles. The number of aryl methyl sites for hydroxylation is 1. The number of carbonyl (C=O) groups is 1. The predicted octanol–water partition coefficient (Wildman–Crippen LogP) is 2.76. The Hall–Kier alpha value is -1.73. The van der Waals surface area contributed by atoms with Crippen molar-refractivity contribution in [3.8, 4) is 10.7 Å². The smallest absolute Gasteiger partial charge is 0.226 e. The maximum absolute atomic E-state index is 12.3. The summed E-state index contributed by atoms with van der Waals surface area (Å²) in [5.74, 6) is 1.38. The van der Waals surface area contributed by atoms with Gasteiger partial charge in [0, 0.05) is 25.9 Å². The lowest BCUT2D eigenvalue weighted by Crippen LogP contribution is -2.48.